The van der Waals surface area contributed by atoms with Crippen LogP contribution < -0.4 is 5.43 Å². The summed E-state index contributed by atoms with van der Waals surface area (Å²) in [4.78, 5) is 13.4. The zero-order valence-electron chi connectivity index (χ0n) is 15.0. The molecular formula is C23H16Br2O3. The van der Waals surface area contributed by atoms with Gasteiger partial charge >= 0.3 is 0 Å². The van der Waals surface area contributed by atoms with Gasteiger partial charge in [-0.15, -0.1) is 0 Å². The van der Waals surface area contributed by atoms with Crippen LogP contribution in [0.25, 0.3) is 22.3 Å². The van der Waals surface area contributed by atoms with Gasteiger partial charge in [0.25, 0.3) is 0 Å². The molecule has 0 fully saturated rings. The molecule has 0 bridgehead atoms. The van der Waals surface area contributed by atoms with Gasteiger partial charge in [0.05, 0.1) is 5.39 Å². The van der Waals surface area contributed by atoms with Crippen LogP contribution >= 0.6 is 31.9 Å². The second kappa shape index (κ2) is 7.57. The molecule has 0 aliphatic heterocycles. The number of fused-ring (bicyclic) bond motifs is 1. The predicted octanol–water partition coefficient (Wildman–Crippen LogP) is 6.59. The van der Waals surface area contributed by atoms with Crippen molar-refractivity contribution in [3.63, 3.8) is 0 Å². The largest absolute Gasteiger partial charge is 0.508 e. The van der Waals surface area contributed by atoms with Crippen molar-refractivity contribution in [3.05, 3.63) is 96.5 Å². The topological polar surface area (TPSA) is 50.4 Å². The van der Waals surface area contributed by atoms with Crippen molar-refractivity contribution in [1.82, 2.24) is 0 Å². The zero-order chi connectivity index (χ0) is 19.8. The highest BCUT2D eigenvalue weighted by Gasteiger charge is 2.18. The maximum Gasteiger partial charge on any atom is 0.196 e. The average Bonchev–Trinajstić information content (AvgIpc) is 2.68. The number of hydrogen-bond acceptors (Lipinski definition) is 3. The van der Waals surface area contributed by atoms with Crippen LogP contribution in [0.1, 0.15) is 16.7 Å². The normalized spacial score (nSPS) is 11.1. The van der Waals surface area contributed by atoms with E-state index in [9.17, 15) is 9.90 Å². The number of rotatable bonds is 3. The van der Waals surface area contributed by atoms with Crippen LogP contribution in [0.15, 0.2) is 78.8 Å². The molecule has 140 valence electrons. The molecule has 0 aliphatic carbocycles. The molecule has 0 radical (unpaired) electrons. The van der Waals surface area contributed by atoms with Gasteiger partial charge in [-0.25, -0.2) is 0 Å². The third-order valence-electron chi connectivity index (χ3n) is 4.67. The molecule has 3 aromatic carbocycles. The summed E-state index contributed by atoms with van der Waals surface area (Å²) in [6.45, 7) is 2.01. The Morgan fingerprint density at radius 1 is 0.929 bits per heavy atom. The molecule has 0 aliphatic rings. The molecule has 4 aromatic rings. The standard InChI is InChI=1S/C23H16Br2O3/c1-13-2-4-14(5-3-13)23-19(11-15-10-16(24)6-8-20(15)26)22(27)18-12-17(25)7-9-21(18)28-23/h2-10,12,26H,11H2,1H3. The molecule has 0 saturated carbocycles. The lowest BCUT2D eigenvalue weighted by Crippen LogP contribution is -2.12. The summed E-state index contributed by atoms with van der Waals surface area (Å²) < 4.78 is 7.83. The number of aryl methyl sites for hydroxylation is 1. The number of hydrogen-bond donors (Lipinski definition) is 1. The molecule has 1 heterocycles. The van der Waals surface area contributed by atoms with E-state index in [1.165, 1.54) is 0 Å². The molecule has 0 atom stereocenters. The quantitative estimate of drug-likeness (QED) is 0.346. The minimum absolute atomic E-state index is 0.0995. The maximum absolute atomic E-state index is 13.4. The SMILES string of the molecule is Cc1ccc(-c2oc3ccc(Br)cc3c(=O)c2Cc2cc(Br)ccc2O)cc1. The predicted molar refractivity (Wildman–Crippen MR) is 119 cm³/mol. The fraction of sp³-hybridized carbons (Fsp3) is 0.0870. The summed E-state index contributed by atoms with van der Waals surface area (Å²) >= 11 is 6.85. The van der Waals surface area contributed by atoms with Crippen molar-refractivity contribution in [2.45, 2.75) is 13.3 Å². The minimum Gasteiger partial charge on any atom is -0.508 e. The summed E-state index contributed by atoms with van der Waals surface area (Å²) in [5.74, 6) is 0.672. The number of phenols is 1. The van der Waals surface area contributed by atoms with Crippen molar-refractivity contribution >= 4 is 42.8 Å². The second-order valence-corrected chi connectivity index (χ2v) is 8.53. The number of phenolic OH excluding ortho intramolecular Hbond substituents is 1. The Bertz CT molecular complexity index is 1240. The number of benzene rings is 3. The molecule has 5 heteroatoms. The maximum atomic E-state index is 13.4. The average molecular weight is 500 g/mol. The van der Waals surface area contributed by atoms with Gasteiger partial charge in [0, 0.05) is 26.5 Å². The molecule has 28 heavy (non-hydrogen) atoms. The van der Waals surface area contributed by atoms with Crippen LogP contribution in [0.2, 0.25) is 0 Å². The third-order valence-corrected chi connectivity index (χ3v) is 5.66. The molecule has 0 spiro atoms. The summed E-state index contributed by atoms with van der Waals surface area (Å²) in [5, 5.41) is 10.8. The lowest BCUT2D eigenvalue weighted by molar-refractivity contribution is 0.469. The molecule has 4 rings (SSSR count). The Kier molecular flexibility index (Phi) is 5.13. The third kappa shape index (κ3) is 3.64. The summed E-state index contributed by atoms with van der Waals surface area (Å²) in [5.41, 5.74) is 3.56. The van der Waals surface area contributed by atoms with Crippen molar-refractivity contribution < 1.29 is 9.52 Å². The minimum atomic E-state index is -0.0995. The van der Waals surface area contributed by atoms with E-state index in [0.717, 1.165) is 20.1 Å². The Labute approximate surface area is 178 Å². The number of aromatic hydroxyl groups is 1. The van der Waals surface area contributed by atoms with E-state index in [1.807, 2.05) is 43.3 Å². The molecule has 3 nitrogen and oxygen atoms in total. The lowest BCUT2D eigenvalue weighted by Gasteiger charge is -2.12. The van der Waals surface area contributed by atoms with Crippen LogP contribution in [0.5, 0.6) is 5.75 Å². The van der Waals surface area contributed by atoms with Gasteiger partial charge < -0.3 is 9.52 Å². The van der Waals surface area contributed by atoms with E-state index in [2.05, 4.69) is 31.9 Å². The van der Waals surface area contributed by atoms with Crippen LogP contribution in [0.3, 0.4) is 0 Å². The molecular weight excluding hydrogens is 484 g/mol. The van der Waals surface area contributed by atoms with Crippen LogP contribution in [0, 0.1) is 6.92 Å². The van der Waals surface area contributed by atoms with Gasteiger partial charge in [0.15, 0.2) is 5.43 Å². The first-order chi connectivity index (χ1) is 13.4. The van der Waals surface area contributed by atoms with Gasteiger partial charge in [-0.05, 0) is 48.9 Å². The Balaban J connectivity index is 1.99. The van der Waals surface area contributed by atoms with Gasteiger partial charge in [-0.2, -0.15) is 0 Å². The fourth-order valence-electron chi connectivity index (χ4n) is 3.19. The Morgan fingerprint density at radius 2 is 1.61 bits per heavy atom. The van der Waals surface area contributed by atoms with Gasteiger partial charge in [-0.3, -0.25) is 4.79 Å². The first kappa shape index (κ1) is 19.0. The summed E-state index contributed by atoms with van der Waals surface area (Å²) in [6.07, 6.45) is 0.263. The van der Waals surface area contributed by atoms with E-state index >= 15 is 0 Å². The van der Waals surface area contributed by atoms with E-state index in [0.29, 0.717) is 27.9 Å². The van der Waals surface area contributed by atoms with Crippen molar-refractivity contribution in [2.24, 2.45) is 0 Å². The first-order valence-electron chi connectivity index (χ1n) is 8.72. The van der Waals surface area contributed by atoms with Crippen LogP contribution in [-0.2, 0) is 6.42 Å². The highest BCUT2D eigenvalue weighted by atomic mass is 79.9. The summed E-state index contributed by atoms with van der Waals surface area (Å²) in [7, 11) is 0. The molecule has 1 aromatic heterocycles. The highest BCUT2D eigenvalue weighted by molar-refractivity contribution is 9.10. The zero-order valence-corrected chi connectivity index (χ0v) is 18.2. The van der Waals surface area contributed by atoms with Crippen molar-refractivity contribution in [2.75, 3.05) is 0 Å². The Morgan fingerprint density at radius 3 is 2.36 bits per heavy atom. The highest BCUT2D eigenvalue weighted by Crippen LogP contribution is 2.31. The monoisotopic (exact) mass is 498 g/mol. The molecule has 0 unspecified atom stereocenters. The molecule has 0 amide bonds. The van der Waals surface area contributed by atoms with Crippen LogP contribution in [-0.4, -0.2) is 5.11 Å². The van der Waals surface area contributed by atoms with E-state index < -0.39 is 0 Å². The van der Waals surface area contributed by atoms with E-state index in [-0.39, 0.29) is 17.6 Å². The van der Waals surface area contributed by atoms with Crippen molar-refractivity contribution in [1.29, 1.82) is 0 Å². The van der Waals surface area contributed by atoms with E-state index in [4.69, 9.17) is 4.42 Å². The van der Waals surface area contributed by atoms with Crippen molar-refractivity contribution in [3.8, 4) is 17.1 Å². The molecule has 1 N–H and O–H groups in total. The fourth-order valence-corrected chi connectivity index (χ4v) is 3.96. The van der Waals surface area contributed by atoms with Crippen LogP contribution in [0.4, 0.5) is 0 Å². The Hall–Kier alpha value is -2.37. The summed E-state index contributed by atoms with van der Waals surface area (Å²) in [6, 6.07) is 18.5. The lowest BCUT2D eigenvalue weighted by atomic mass is 9.97. The van der Waals surface area contributed by atoms with Gasteiger partial charge in [-0.1, -0.05) is 61.7 Å². The first-order valence-corrected chi connectivity index (χ1v) is 10.3. The van der Waals surface area contributed by atoms with Gasteiger partial charge in [0.1, 0.15) is 17.1 Å². The number of halogens is 2. The molecule has 0 saturated heterocycles. The smallest absolute Gasteiger partial charge is 0.196 e. The van der Waals surface area contributed by atoms with E-state index in [1.54, 1.807) is 24.3 Å². The van der Waals surface area contributed by atoms with Gasteiger partial charge in [0.2, 0.25) is 0 Å². The second-order valence-electron chi connectivity index (χ2n) is 6.70.